The van der Waals surface area contributed by atoms with Gasteiger partial charge in [-0.05, 0) is 12.1 Å². The molecule has 0 bridgehead atoms. The summed E-state index contributed by atoms with van der Waals surface area (Å²) in [6, 6.07) is 12.7. The second kappa shape index (κ2) is 6.56. The first-order valence-electron chi connectivity index (χ1n) is 6.33. The molecule has 5 heteroatoms. The Kier molecular flexibility index (Phi) is 4.56. The zero-order valence-corrected chi connectivity index (χ0v) is 11.2. The molecule has 21 heavy (non-hydrogen) atoms. The van der Waals surface area contributed by atoms with E-state index in [0.717, 1.165) is 0 Å². The maximum atomic E-state index is 11.6. The Morgan fingerprint density at radius 3 is 1.52 bits per heavy atom. The molecule has 0 aromatic heterocycles. The molecule has 0 radical (unpaired) electrons. The highest BCUT2D eigenvalue weighted by Gasteiger charge is 2.15. The summed E-state index contributed by atoms with van der Waals surface area (Å²) < 4.78 is 4.67. The maximum absolute atomic E-state index is 11.6. The molecule has 0 unspecified atom stereocenters. The number of aromatic hydroxyl groups is 2. The Labute approximate surface area is 121 Å². The van der Waals surface area contributed by atoms with Crippen LogP contribution in [0.15, 0.2) is 48.5 Å². The van der Waals surface area contributed by atoms with Crippen LogP contribution in [0.2, 0.25) is 0 Å². The summed E-state index contributed by atoms with van der Waals surface area (Å²) >= 11 is 0. The summed E-state index contributed by atoms with van der Waals surface area (Å²) in [6.07, 6.45) is -0.391. The van der Waals surface area contributed by atoms with Crippen LogP contribution in [-0.4, -0.2) is 22.2 Å². The number of hydrogen-bond donors (Lipinski definition) is 2. The third kappa shape index (κ3) is 4.07. The molecule has 2 aromatic rings. The lowest BCUT2D eigenvalue weighted by Gasteiger charge is -2.06. The molecule has 0 aliphatic carbocycles. The first kappa shape index (κ1) is 14.6. The second-order valence-electron chi connectivity index (χ2n) is 4.46. The Hall–Kier alpha value is -2.82. The van der Waals surface area contributed by atoms with Gasteiger partial charge in [0.2, 0.25) is 0 Å². The topological polar surface area (TPSA) is 83.8 Å². The highest BCUT2D eigenvalue weighted by molar-refractivity contribution is 5.88. The van der Waals surface area contributed by atoms with E-state index < -0.39 is 11.9 Å². The molecule has 0 aliphatic heterocycles. The maximum Gasteiger partial charge on any atom is 0.318 e. The molecule has 108 valence electrons. The van der Waals surface area contributed by atoms with Crippen molar-refractivity contribution in [2.45, 2.75) is 12.8 Å². The lowest BCUT2D eigenvalue weighted by Crippen LogP contribution is -2.16. The largest absolute Gasteiger partial charge is 0.508 e. The number of phenolic OH excluding ortho intramolecular Hbond substituents is 2. The van der Waals surface area contributed by atoms with E-state index in [1.807, 2.05) is 0 Å². The standard InChI is InChI=1S/C16H14O5/c17-13-7-3-1-5-11(13)9-15(19)21-16(20)10-12-6-2-4-8-14(12)18/h1-8,17-18H,9-10H2. The van der Waals surface area contributed by atoms with Gasteiger partial charge >= 0.3 is 11.9 Å². The SMILES string of the molecule is O=C(Cc1ccccc1O)OC(=O)Cc1ccccc1O. The smallest absolute Gasteiger partial charge is 0.318 e. The average molecular weight is 286 g/mol. The number of ether oxygens (including phenoxy) is 1. The van der Waals surface area contributed by atoms with Crippen LogP contribution in [0.1, 0.15) is 11.1 Å². The highest BCUT2D eigenvalue weighted by atomic mass is 16.6. The van der Waals surface area contributed by atoms with E-state index in [1.54, 1.807) is 36.4 Å². The normalized spacial score (nSPS) is 10.1. The zero-order chi connectivity index (χ0) is 15.2. The van der Waals surface area contributed by atoms with Gasteiger partial charge in [-0.15, -0.1) is 0 Å². The molecular weight excluding hydrogens is 272 g/mol. The first-order valence-corrected chi connectivity index (χ1v) is 6.33. The van der Waals surface area contributed by atoms with E-state index in [-0.39, 0.29) is 24.3 Å². The summed E-state index contributed by atoms with van der Waals surface area (Å²) in [5, 5.41) is 19.1. The summed E-state index contributed by atoms with van der Waals surface area (Å²) in [7, 11) is 0. The van der Waals surface area contributed by atoms with Gasteiger partial charge in [-0.1, -0.05) is 36.4 Å². The summed E-state index contributed by atoms with van der Waals surface area (Å²) in [5.41, 5.74) is 0.774. The number of rotatable bonds is 4. The van der Waals surface area contributed by atoms with Gasteiger partial charge in [-0.3, -0.25) is 9.59 Å². The van der Waals surface area contributed by atoms with Crippen molar-refractivity contribution >= 4 is 11.9 Å². The first-order chi connectivity index (χ1) is 10.1. The van der Waals surface area contributed by atoms with E-state index >= 15 is 0 Å². The number of phenols is 2. The van der Waals surface area contributed by atoms with Gasteiger partial charge in [-0.2, -0.15) is 0 Å². The lowest BCUT2D eigenvalue weighted by molar-refractivity contribution is -0.158. The van der Waals surface area contributed by atoms with Gasteiger partial charge in [0.1, 0.15) is 11.5 Å². The molecule has 0 fully saturated rings. The van der Waals surface area contributed by atoms with Crippen LogP contribution >= 0.6 is 0 Å². The predicted octanol–water partition coefficient (Wildman–Crippen LogP) is 1.95. The van der Waals surface area contributed by atoms with Gasteiger partial charge in [-0.25, -0.2) is 0 Å². The number of benzene rings is 2. The number of para-hydroxylation sites is 2. The van der Waals surface area contributed by atoms with E-state index in [1.165, 1.54) is 12.1 Å². The summed E-state index contributed by atoms with van der Waals surface area (Å²) in [5.74, 6) is -1.56. The molecule has 0 atom stereocenters. The van der Waals surface area contributed by atoms with Crippen molar-refractivity contribution in [2.24, 2.45) is 0 Å². The van der Waals surface area contributed by atoms with Crippen LogP contribution < -0.4 is 0 Å². The van der Waals surface area contributed by atoms with Gasteiger partial charge < -0.3 is 14.9 Å². The van der Waals surface area contributed by atoms with Gasteiger partial charge in [0.15, 0.2) is 0 Å². The molecule has 0 saturated heterocycles. The number of hydrogen-bond acceptors (Lipinski definition) is 5. The molecule has 2 aromatic carbocycles. The minimum absolute atomic E-state index is 0.0254. The fraction of sp³-hybridized carbons (Fsp3) is 0.125. The fourth-order valence-corrected chi connectivity index (χ4v) is 1.83. The van der Waals surface area contributed by atoms with Gasteiger partial charge in [0.05, 0.1) is 12.8 Å². The molecule has 0 heterocycles. The minimum Gasteiger partial charge on any atom is -0.508 e. The minimum atomic E-state index is -0.753. The third-order valence-electron chi connectivity index (χ3n) is 2.88. The van der Waals surface area contributed by atoms with Crippen LogP contribution in [0.4, 0.5) is 0 Å². The van der Waals surface area contributed by atoms with Crippen LogP contribution in [0, 0.1) is 0 Å². The molecular formula is C16H14O5. The fourth-order valence-electron chi connectivity index (χ4n) is 1.83. The van der Waals surface area contributed by atoms with E-state index in [0.29, 0.717) is 11.1 Å². The number of carbonyl (C=O) groups is 2. The molecule has 5 nitrogen and oxygen atoms in total. The van der Waals surface area contributed by atoms with E-state index in [4.69, 9.17) is 0 Å². The Morgan fingerprint density at radius 1 is 0.762 bits per heavy atom. The Balaban J connectivity index is 1.93. The molecule has 0 amide bonds. The molecule has 2 rings (SSSR count). The lowest BCUT2D eigenvalue weighted by atomic mass is 10.1. The van der Waals surface area contributed by atoms with Crippen molar-refractivity contribution in [3.05, 3.63) is 59.7 Å². The number of carbonyl (C=O) groups excluding carboxylic acids is 2. The Bertz CT molecular complexity index is 606. The molecule has 0 aliphatic rings. The van der Waals surface area contributed by atoms with Gasteiger partial charge in [0, 0.05) is 11.1 Å². The number of esters is 2. The monoisotopic (exact) mass is 286 g/mol. The second-order valence-corrected chi connectivity index (χ2v) is 4.46. The quantitative estimate of drug-likeness (QED) is 0.663. The van der Waals surface area contributed by atoms with Crippen molar-refractivity contribution in [1.82, 2.24) is 0 Å². The molecule has 0 saturated carbocycles. The van der Waals surface area contributed by atoms with Crippen molar-refractivity contribution in [3.63, 3.8) is 0 Å². The van der Waals surface area contributed by atoms with Crippen LogP contribution in [0.25, 0.3) is 0 Å². The van der Waals surface area contributed by atoms with Crippen LogP contribution in [-0.2, 0) is 27.2 Å². The van der Waals surface area contributed by atoms with Crippen molar-refractivity contribution < 1.29 is 24.5 Å². The third-order valence-corrected chi connectivity index (χ3v) is 2.88. The van der Waals surface area contributed by atoms with Crippen LogP contribution in [0.3, 0.4) is 0 Å². The van der Waals surface area contributed by atoms with Crippen molar-refractivity contribution in [3.8, 4) is 11.5 Å². The average Bonchev–Trinajstić information content (AvgIpc) is 2.44. The highest BCUT2D eigenvalue weighted by Crippen LogP contribution is 2.18. The van der Waals surface area contributed by atoms with E-state index in [9.17, 15) is 19.8 Å². The summed E-state index contributed by atoms with van der Waals surface area (Å²) in [6.45, 7) is 0. The van der Waals surface area contributed by atoms with Crippen molar-refractivity contribution in [1.29, 1.82) is 0 Å². The summed E-state index contributed by atoms with van der Waals surface area (Å²) in [4.78, 5) is 23.3. The van der Waals surface area contributed by atoms with Gasteiger partial charge in [0.25, 0.3) is 0 Å². The van der Waals surface area contributed by atoms with Crippen molar-refractivity contribution in [2.75, 3.05) is 0 Å². The predicted molar refractivity (Wildman–Crippen MR) is 74.7 cm³/mol. The zero-order valence-electron chi connectivity index (χ0n) is 11.2. The molecule has 2 N–H and O–H groups in total. The molecule has 0 spiro atoms. The van der Waals surface area contributed by atoms with Crippen LogP contribution in [0.5, 0.6) is 11.5 Å². The Morgan fingerprint density at radius 2 is 1.14 bits per heavy atom. The van der Waals surface area contributed by atoms with E-state index in [2.05, 4.69) is 4.74 Å².